The van der Waals surface area contributed by atoms with Crippen molar-refractivity contribution in [3.05, 3.63) is 12.4 Å². The molecule has 1 aliphatic rings. The van der Waals surface area contributed by atoms with Crippen LogP contribution in [0.3, 0.4) is 0 Å². The van der Waals surface area contributed by atoms with E-state index in [4.69, 9.17) is 0 Å². The first-order valence-electron chi connectivity index (χ1n) is 8.81. The highest BCUT2D eigenvalue weighted by Crippen LogP contribution is 2.17. The summed E-state index contributed by atoms with van der Waals surface area (Å²) in [4.78, 5) is 32.6. The number of carbonyl (C=O) groups is 2. The maximum Gasteiger partial charge on any atom is 0.246 e. The minimum Gasteiger partial charge on any atom is -0.356 e. The van der Waals surface area contributed by atoms with Crippen LogP contribution < -0.4 is 15.5 Å². The number of carbonyl (C=O) groups excluding carboxylic acids is 2. The number of aromatic nitrogens is 2. The molecule has 9 heteroatoms. The lowest BCUT2D eigenvalue weighted by molar-refractivity contribution is -0.129. The fraction of sp³-hybridized carbons (Fsp3) is 0.647. The smallest absolute Gasteiger partial charge is 0.246 e. The Morgan fingerprint density at radius 2 is 2.08 bits per heavy atom. The van der Waals surface area contributed by atoms with Gasteiger partial charge in [-0.2, -0.15) is 5.10 Å². The lowest BCUT2D eigenvalue weighted by atomic mass is 9.92. The molecule has 144 valence electrons. The summed E-state index contributed by atoms with van der Waals surface area (Å²) in [6.45, 7) is 8.13. The van der Waals surface area contributed by atoms with Crippen molar-refractivity contribution in [2.24, 2.45) is 17.5 Å². The third kappa shape index (κ3) is 4.53. The van der Waals surface area contributed by atoms with Crippen LogP contribution in [-0.4, -0.2) is 72.2 Å². The molecule has 0 bridgehead atoms. The van der Waals surface area contributed by atoms with Gasteiger partial charge in [-0.25, -0.2) is 0 Å². The molecule has 1 aromatic rings. The van der Waals surface area contributed by atoms with E-state index in [1.807, 2.05) is 38.9 Å². The second-order valence-corrected chi connectivity index (χ2v) is 6.98. The highest BCUT2D eigenvalue weighted by molar-refractivity contribution is 5.98. The van der Waals surface area contributed by atoms with Gasteiger partial charge in [0.2, 0.25) is 11.8 Å². The minimum absolute atomic E-state index is 0.00446. The van der Waals surface area contributed by atoms with Crippen LogP contribution in [0.1, 0.15) is 20.8 Å². The SMILES string of the molecule is CCNC(=O)C(C)(C)CNC(=NC)N1CCN(c2cnn(C)c2)C(=O)C1. The lowest BCUT2D eigenvalue weighted by Gasteiger charge is -2.36. The fourth-order valence-corrected chi connectivity index (χ4v) is 2.79. The molecule has 0 saturated carbocycles. The molecule has 2 N–H and O–H groups in total. The lowest BCUT2D eigenvalue weighted by Crippen LogP contribution is -2.56. The minimum atomic E-state index is -0.576. The van der Waals surface area contributed by atoms with E-state index < -0.39 is 5.41 Å². The first-order valence-corrected chi connectivity index (χ1v) is 8.81. The largest absolute Gasteiger partial charge is 0.356 e. The van der Waals surface area contributed by atoms with E-state index in [1.165, 1.54) is 0 Å². The molecule has 0 aromatic carbocycles. The topological polar surface area (TPSA) is 94.9 Å². The van der Waals surface area contributed by atoms with Crippen LogP contribution in [0.15, 0.2) is 17.4 Å². The molecule has 26 heavy (non-hydrogen) atoms. The van der Waals surface area contributed by atoms with Crippen molar-refractivity contribution in [2.75, 3.05) is 44.7 Å². The van der Waals surface area contributed by atoms with Crippen LogP contribution in [0.25, 0.3) is 0 Å². The average molecular weight is 363 g/mol. The van der Waals surface area contributed by atoms with Crippen LogP contribution in [-0.2, 0) is 16.6 Å². The number of hydrogen-bond acceptors (Lipinski definition) is 4. The van der Waals surface area contributed by atoms with Crippen LogP contribution in [0.2, 0.25) is 0 Å². The molecule has 0 spiro atoms. The molecular weight excluding hydrogens is 334 g/mol. The van der Waals surface area contributed by atoms with Gasteiger partial charge >= 0.3 is 0 Å². The third-order valence-electron chi connectivity index (χ3n) is 4.38. The number of nitrogens with one attached hydrogen (secondary N) is 2. The Bertz CT molecular complexity index is 680. The van der Waals surface area contributed by atoms with Gasteiger partial charge in [0.05, 0.1) is 17.3 Å². The number of anilines is 1. The van der Waals surface area contributed by atoms with Crippen LogP contribution in [0.5, 0.6) is 0 Å². The molecule has 2 heterocycles. The van der Waals surface area contributed by atoms with E-state index in [9.17, 15) is 9.59 Å². The summed E-state index contributed by atoms with van der Waals surface area (Å²) in [7, 11) is 3.51. The van der Waals surface area contributed by atoms with E-state index in [-0.39, 0.29) is 18.4 Å². The van der Waals surface area contributed by atoms with Crippen molar-refractivity contribution >= 4 is 23.5 Å². The second-order valence-electron chi connectivity index (χ2n) is 6.98. The predicted octanol–water partition coefficient (Wildman–Crippen LogP) is -0.194. The number of hydrogen-bond donors (Lipinski definition) is 2. The van der Waals surface area contributed by atoms with Gasteiger partial charge in [-0.1, -0.05) is 0 Å². The summed E-state index contributed by atoms with van der Waals surface area (Å²) in [5.41, 5.74) is 0.227. The van der Waals surface area contributed by atoms with Crippen molar-refractivity contribution in [1.29, 1.82) is 0 Å². The zero-order valence-corrected chi connectivity index (χ0v) is 16.2. The molecule has 1 fully saturated rings. The Hall–Kier alpha value is -2.58. The fourth-order valence-electron chi connectivity index (χ4n) is 2.79. The van der Waals surface area contributed by atoms with Gasteiger partial charge in [0.25, 0.3) is 0 Å². The highest BCUT2D eigenvalue weighted by atomic mass is 16.2. The summed E-state index contributed by atoms with van der Waals surface area (Å²) in [5.74, 6) is 0.608. The number of rotatable bonds is 5. The molecule has 0 unspecified atom stereocenters. The zero-order valence-electron chi connectivity index (χ0n) is 16.2. The number of guanidine groups is 1. The number of piperazine rings is 1. The molecule has 1 saturated heterocycles. The Morgan fingerprint density at radius 1 is 1.35 bits per heavy atom. The van der Waals surface area contributed by atoms with E-state index >= 15 is 0 Å². The average Bonchev–Trinajstić information content (AvgIpc) is 3.02. The first-order chi connectivity index (χ1) is 12.3. The van der Waals surface area contributed by atoms with Crippen molar-refractivity contribution < 1.29 is 9.59 Å². The van der Waals surface area contributed by atoms with E-state index in [1.54, 1.807) is 22.8 Å². The van der Waals surface area contributed by atoms with Crippen LogP contribution >= 0.6 is 0 Å². The van der Waals surface area contributed by atoms with Crippen molar-refractivity contribution in [3.63, 3.8) is 0 Å². The molecule has 1 aromatic heterocycles. The molecule has 2 amide bonds. The standard InChI is InChI=1S/C17H29N7O2/c1-6-19-15(26)17(2,3)12-20-16(18-4)23-7-8-24(14(25)11-23)13-9-21-22(5)10-13/h9-10H,6-8,11-12H2,1-5H3,(H,18,20)(H,19,26). The molecule has 1 aliphatic heterocycles. The van der Waals surface area contributed by atoms with Crippen molar-refractivity contribution in [2.45, 2.75) is 20.8 Å². The molecule has 9 nitrogen and oxygen atoms in total. The molecular formula is C17H29N7O2. The van der Waals surface area contributed by atoms with E-state index in [0.717, 1.165) is 5.69 Å². The van der Waals surface area contributed by atoms with Gasteiger partial charge in [-0.15, -0.1) is 0 Å². The highest BCUT2D eigenvalue weighted by Gasteiger charge is 2.30. The van der Waals surface area contributed by atoms with Gasteiger partial charge in [0.15, 0.2) is 5.96 Å². The summed E-state index contributed by atoms with van der Waals surface area (Å²) in [5, 5.41) is 10.2. The summed E-state index contributed by atoms with van der Waals surface area (Å²) in [6.07, 6.45) is 3.52. The molecule has 2 rings (SSSR count). The normalized spacial score (nSPS) is 16.0. The van der Waals surface area contributed by atoms with Gasteiger partial charge < -0.3 is 20.4 Å². The molecule has 0 aliphatic carbocycles. The molecule has 0 atom stereocenters. The van der Waals surface area contributed by atoms with Crippen LogP contribution in [0, 0.1) is 5.41 Å². The van der Waals surface area contributed by atoms with E-state index in [2.05, 4.69) is 20.7 Å². The van der Waals surface area contributed by atoms with Gasteiger partial charge in [-0.05, 0) is 20.8 Å². The summed E-state index contributed by atoms with van der Waals surface area (Å²) >= 11 is 0. The maximum absolute atomic E-state index is 12.5. The first kappa shape index (κ1) is 19.7. The summed E-state index contributed by atoms with van der Waals surface area (Å²) in [6, 6.07) is 0. The third-order valence-corrected chi connectivity index (χ3v) is 4.38. The Labute approximate surface area is 154 Å². The number of nitrogens with zero attached hydrogens (tertiary/aromatic N) is 5. The van der Waals surface area contributed by atoms with Gasteiger partial charge in [-0.3, -0.25) is 19.3 Å². The Balaban J connectivity index is 1.95. The van der Waals surface area contributed by atoms with E-state index in [0.29, 0.717) is 32.1 Å². The molecule has 0 radical (unpaired) electrons. The van der Waals surface area contributed by atoms with Crippen molar-refractivity contribution in [3.8, 4) is 0 Å². The van der Waals surface area contributed by atoms with Crippen molar-refractivity contribution in [1.82, 2.24) is 25.3 Å². The monoisotopic (exact) mass is 363 g/mol. The quantitative estimate of drug-likeness (QED) is 0.558. The Morgan fingerprint density at radius 3 is 2.62 bits per heavy atom. The second kappa shape index (κ2) is 8.20. The number of amides is 2. The predicted molar refractivity (Wildman–Crippen MR) is 101 cm³/mol. The Kier molecular flexibility index (Phi) is 6.23. The van der Waals surface area contributed by atoms with Crippen LogP contribution in [0.4, 0.5) is 5.69 Å². The summed E-state index contributed by atoms with van der Waals surface area (Å²) < 4.78 is 1.68. The van der Waals surface area contributed by atoms with Gasteiger partial charge in [0.1, 0.15) is 6.54 Å². The van der Waals surface area contributed by atoms with Gasteiger partial charge in [0, 0.05) is 46.5 Å². The maximum atomic E-state index is 12.5. The zero-order chi connectivity index (χ0) is 19.3. The number of aryl methyl sites for hydroxylation is 1. The number of aliphatic imine (C=N–C) groups is 1.